The SMILES string of the molecule is CC(C)(C)n1cc(NC=O)cn1.CCc1cc(C)c(Oc2ccnc3ccc(C(=O)N4CCOCC4)cc23)cc1F. The van der Waals surface area contributed by atoms with Crippen molar-refractivity contribution >= 4 is 28.9 Å². The van der Waals surface area contributed by atoms with Gasteiger partial charge in [0, 0.05) is 42.5 Å². The summed E-state index contributed by atoms with van der Waals surface area (Å²) in [6.07, 6.45) is 6.34. The summed E-state index contributed by atoms with van der Waals surface area (Å²) in [7, 11) is 0. The molecular formula is C31H36FN5O4. The molecule has 1 aliphatic rings. The van der Waals surface area contributed by atoms with Crippen LogP contribution in [0.5, 0.6) is 11.5 Å². The first-order valence-corrected chi connectivity index (χ1v) is 13.6. The number of hydrogen-bond donors (Lipinski definition) is 1. The quantitative estimate of drug-likeness (QED) is 0.303. The maximum Gasteiger partial charge on any atom is 0.254 e. The van der Waals surface area contributed by atoms with Crippen LogP contribution in [0.4, 0.5) is 10.1 Å². The van der Waals surface area contributed by atoms with Gasteiger partial charge < -0.3 is 19.7 Å². The van der Waals surface area contributed by atoms with Crippen molar-refractivity contribution < 1.29 is 23.5 Å². The summed E-state index contributed by atoms with van der Waals surface area (Å²) in [5.74, 6) is 0.671. The largest absolute Gasteiger partial charge is 0.456 e. The van der Waals surface area contributed by atoms with Gasteiger partial charge in [-0.1, -0.05) is 6.92 Å². The van der Waals surface area contributed by atoms with E-state index in [1.165, 1.54) is 6.07 Å². The highest BCUT2D eigenvalue weighted by Crippen LogP contribution is 2.33. The zero-order valence-corrected chi connectivity index (χ0v) is 24.1. The van der Waals surface area contributed by atoms with Gasteiger partial charge in [-0.05, 0) is 75.6 Å². The van der Waals surface area contributed by atoms with Gasteiger partial charge in [0.25, 0.3) is 5.91 Å². The van der Waals surface area contributed by atoms with Crippen LogP contribution in [-0.2, 0) is 21.5 Å². The van der Waals surface area contributed by atoms with Gasteiger partial charge in [-0.2, -0.15) is 5.10 Å². The van der Waals surface area contributed by atoms with E-state index >= 15 is 0 Å². The molecule has 216 valence electrons. The molecule has 1 saturated heterocycles. The van der Waals surface area contributed by atoms with Gasteiger partial charge in [-0.3, -0.25) is 19.3 Å². The van der Waals surface area contributed by atoms with Crippen molar-refractivity contribution in [1.82, 2.24) is 19.7 Å². The molecule has 10 heteroatoms. The summed E-state index contributed by atoms with van der Waals surface area (Å²) in [6, 6.07) is 10.3. The summed E-state index contributed by atoms with van der Waals surface area (Å²) in [5, 5.41) is 7.35. The number of fused-ring (bicyclic) bond motifs is 1. The molecular weight excluding hydrogens is 525 g/mol. The molecule has 0 unspecified atom stereocenters. The van der Waals surface area contributed by atoms with Crippen LogP contribution in [0.3, 0.4) is 0 Å². The molecule has 41 heavy (non-hydrogen) atoms. The van der Waals surface area contributed by atoms with Crippen LogP contribution in [0.25, 0.3) is 10.9 Å². The smallest absolute Gasteiger partial charge is 0.254 e. The Morgan fingerprint density at radius 2 is 1.90 bits per heavy atom. The molecule has 2 aromatic heterocycles. The van der Waals surface area contributed by atoms with Crippen LogP contribution in [0.15, 0.2) is 55.0 Å². The minimum absolute atomic E-state index is 0.0389. The van der Waals surface area contributed by atoms with E-state index in [9.17, 15) is 14.0 Å². The highest BCUT2D eigenvalue weighted by atomic mass is 19.1. The molecule has 1 N–H and O–H groups in total. The number of morpholine rings is 1. The molecule has 0 spiro atoms. The number of anilines is 1. The van der Waals surface area contributed by atoms with Crippen molar-refractivity contribution in [3.63, 3.8) is 0 Å². The Bertz CT molecular complexity index is 1520. The Morgan fingerprint density at radius 1 is 1.15 bits per heavy atom. The van der Waals surface area contributed by atoms with E-state index in [4.69, 9.17) is 9.47 Å². The second-order valence-electron chi connectivity index (χ2n) is 10.7. The van der Waals surface area contributed by atoms with Gasteiger partial charge in [0.05, 0.1) is 36.2 Å². The lowest BCUT2D eigenvalue weighted by molar-refractivity contribution is -0.105. The highest BCUT2D eigenvalue weighted by Gasteiger charge is 2.20. The van der Waals surface area contributed by atoms with Gasteiger partial charge in [0.1, 0.15) is 17.3 Å². The number of carbonyl (C=O) groups excluding carboxylic acids is 2. The predicted molar refractivity (Wildman–Crippen MR) is 156 cm³/mol. The van der Waals surface area contributed by atoms with Crippen molar-refractivity contribution in [1.29, 1.82) is 0 Å². The number of hydrogen-bond acceptors (Lipinski definition) is 6. The van der Waals surface area contributed by atoms with E-state index in [0.717, 1.165) is 11.3 Å². The van der Waals surface area contributed by atoms with E-state index in [0.29, 0.717) is 72.7 Å². The first-order valence-electron chi connectivity index (χ1n) is 13.6. The number of nitrogens with zero attached hydrogens (tertiary/aromatic N) is 4. The Balaban J connectivity index is 0.000000271. The number of halogens is 1. The average molecular weight is 562 g/mol. The Hall–Kier alpha value is -4.31. The minimum Gasteiger partial charge on any atom is -0.456 e. The van der Waals surface area contributed by atoms with Gasteiger partial charge in [-0.25, -0.2) is 4.39 Å². The van der Waals surface area contributed by atoms with Gasteiger partial charge in [-0.15, -0.1) is 0 Å². The highest BCUT2D eigenvalue weighted by molar-refractivity contribution is 5.99. The minimum atomic E-state index is -0.283. The molecule has 0 saturated carbocycles. The number of aryl methyl sites for hydroxylation is 2. The standard InChI is InChI=1S/C23H23FN2O3.C8H13N3O/c1-3-16-12-15(2)22(14-19(16)24)29-21-6-7-25-20-5-4-17(13-18(20)21)23(27)26-8-10-28-11-9-26;1-8(2,3)11-5-7(4-10-11)9-6-12/h4-7,12-14H,3,8-11H2,1-2H3;4-6H,1-3H3,(H,9,12). The van der Waals surface area contributed by atoms with Gasteiger partial charge in [0.15, 0.2) is 0 Å². The van der Waals surface area contributed by atoms with Crippen molar-refractivity contribution in [2.45, 2.75) is 46.6 Å². The molecule has 0 atom stereocenters. The third-order valence-electron chi connectivity index (χ3n) is 6.69. The van der Waals surface area contributed by atoms with E-state index in [-0.39, 0.29) is 17.3 Å². The summed E-state index contributed by atoms with van der Waals surface area (Å²) >= 11 is 0. The maximum absolute atomic E-state index is 14.3. The van der Waals surface area contributed by atoms with Crippen molar-refractivity contribution in [3.8, 4) is 11.5 Å². The van der Waals surface area contributed by atoms with E-state index in [2.05, 4.69) is 15.4 Å². The first kappa shape index (κ1) is 29.7. The van der Waals surface area contributed by atoms with E-state index in [1.807, 2.05) is 40.7 Å². The molecule has 2 amide bonds. The number of benzene rings is 2. The number of nitrogens with one attached hydrogen (secondary N) is 1. The molecule has 3 heterocycles. The number of amides is 2. The topological polar surface area (TPSA) is 98.6 Å². The third kappa shape index (κ3) is 7.26. The van der Waals surface area contributed by atoms with E-state index in [1.54, 1.807) is 52.4 Å². The Kier molecular flexibility index (Phi) is 9.34. The van der Waals surface area contributed by atoms with Crippen LogP contribution in [0.1, 0.15) is 49.2 Å². The zero-order chi connectivity index (χ0) is 29.6. The molecule has 5 rings (SSSR count). The molecule has 0 radical (unpaired) electrons. The number of rotatable bonds is 6. The van der Waals surface area contributed by atoms with Gasteiger partial charge in [0.2, 0.25) is 6.41 Å². The lowest BCUT2D eigenvalue weighted by Crippen LogP contribution is -2.40. The first-order chi connectivity index (χ1) is 19.6. The molecule has 4 aromatic rings. The van der Waals surface area contributed by atoms with Crippen molar-refractivity contribution in [3.05, 3.63) is 77.5 Å². The Labute approximate surface area is 239 Å². The van der Waals surface area contributed by atoms with Crippen LogP contribution in [0, 0.1) is 12.7 Å². The average Bonchev–Trinajstić information content (AvgIpc) is 3.45. The van der Waals surface area contributed by atoms with Crippen LogP contribution in [0.2, 0.25) is 0 Å². The summed E-state index contributed by atoms with van der Waals surface area (Å²) in [5.41, 5.74) is 3.48. The molecule has 0 bridgehead atoms. The normalized spacial score (nSPS) is 13.4. The molecule has 9 nitrogen and oxygen atoms in total. The monoisotopic (exact) mass is 561 g/mol. The van der Waals surface area contributed by atoms with Crippen LogP contribution >= 0.6 is 0 Å². The molecule has 0 aliphatic carbocycles. The number of carbonyl (C=O) groups is 2. The third-order valence-corrected chi connectivity index (χ3v) is 6.69. The van der Waals surface area contributed by atoms with Crippen molar-refractivity contribution in [2.24, 2.45) is 0 Å². The lowest BCUT2D eigenvalue weighted by atomic mass is 10.1. The predicted octanol–water partition coefficient (Wildman–Crippen LogP) is 5.72. The van der Waals surface area contributed by atoms with Crippen LogP contribution < -0.4 is 10.1 Å². The fraction of sp³-hybridized carbons (Fsp3) is 0.355. The second-order valence-corrected chi connectivity index (χ2v) is 10.7. The number of aromatic nitrogens is 3. The number of pyridine rings is 1. The van der Waals surface area contributed by atoms with E-state index < -0.39 is 0 Å². The van der Waals surface area contributed by atoms with Crippen LogP contribution in [-0.4, -0.2) is 58.3 Å². The number of ether oxygens (including phenoxy) is 2. The fourth-order valence-electron chi connectivity index (χ4n) is 4.35. The zero-order valence-electron chi connectivity index (χ0n) is 24.1. The lowest BCUT2D eigenvalue weighted by Gasteiger charge is -2.27. The summed E-state index contributed by atoms with van der Waals surface area (Å²) in [4.78, 5) is 29.1. The molecule has 1 aliphatic heterocycles. The molecule has 2 aromatic carbocycles. The summed E-state index contributed by atoms with van der Waals surface area (Å²) < 4.78 is 27.5. The van der Waals surface area contributed by atoms with Crippen molar-refractivity contribution in [2.75, 3.05) is 31.6 Å². The summed E-state index contributed by atoms with van der Waals surface area (Å²) in [6.45, 7) is 12.2. The Morgan fingerprint density at radius 3 is 2.56 bits per heavy atom. The molecule has 1 fully saturated rings. The second kappa shape index (κ2) is 12.9. The fourth-order valence-corrected chi connectivity index (χ4v) is 4.35. The maximum atomic E-state index is 14.3. The van der Waals surface area contributed by atoms with Gasteiger partial charge >= 0.3 is 0 Å².